The zero-order valence-corrected chi connectivity index (χ0v) is 25.7. The van der Waals surface area contributed by atoms with E-state index in [2.05, 4.69) is 17.8 Å². The van der Waals surface area contributed by atoms with Gasteiger partial charge in [-0.15, -0.1) is 6.42 Å². The molecule has 1 aliphatic heterocycles. The molecule has 3 aromatic carbocycles. The highest BCUT2D eigenvalue weighted by Gasteiger charge is 2.68. The Hall–Kier alpha value is -4.68. The number of terminal acetylenes is 1. The zero-order valence-electron chi connectivity index (χ0n) is 25.7. The number of rotatable bonds is 11. The first-order valence-corrected chi connectivity index (χ1v) is 14.9. The first kappa shape index (κ1) is 34.2. The minimum absolute atomic E-state index is 0.0172. The molecule has 0 bridgehead atoms. The van der Waals surface area contributed by atoms with Gasteiger partial charge in [0.2, 0.25) is 11.5 Å². The van der Waals surface area contributed by atoms with E-state index in [1.807, 2.05) is 18.7 Å². The maximum Gasteiger partial charge on any atom is 0.417 e. The lowest BCUT2D eigenvalue weighted by atomic mass is 9.83. The SMILES string of the molecule is C#CCC(C(N)=O)[N+]1(CCN(CC)CC)C(=O)C(O)(c2ccc3ccccc3c2)c2c(C(F)(F)F)cc(C#CCCC(N)=O)cc21. The Morgan fingerprint density at radius 1 is 1.07 bits per heavy atom. The van der Waals surface area contributed by atoms with Gasteiger partial charge in [0.25, 0.3) is 5.91 Å². The zero-order chi connectivity index (χ0) is 33.9. The van der Waals surface area contributed by atoms with Crippen LogP contribution in [0.25, 0.3) is 10.8 Å². The number of nitrogens with zero attached hydrogens (tertiary/aromatic N) is 2. The van der Waals surface area contributed by atoms with Crippen molar-refractivity contribution in [1.82, 2.24) is 9.38 Å². The standard InChI is InChI=1S/C35H35F3N4O4/c1-4-11-28(32(40)44)42(19-18-41(5-2)6-3)29-21-23(12-7-10-15-30(39)43)20-27(35(36,37)38)31(29)34(46,33(42)45)26-17-16-24-13-8-9-14-25(24)22-26/h1,8-9,13-14,16-17,20-22,28,46H,5-6,10-11,15,18-19H2,2-3H3,(H3-,39,40,43,44)/p+1. The third-order valence-electron chi connectivity index (χ3n) is 8.62. The summed E-state index contributed by atoms with van der Waals surface area (Å²) in [5, 5.41) is 13.9. The Morgan fingerprint density at radius 3 is 2.33 bits per heavy atom. The number of alkyl halides is 3. The van der Waals surface area contributed by atoms with Crippen LogP contribution in [0.5, 0.6) is 0 Å². The lowest BCUT2D eigenvalue weighted by molar-refractivity contribution is -0.151. The molecule has 3 atom stereocenters. The van der Waals surface area contributed by atoms with Crippen LogP contribution in [0.1, 0.15) is 55.4 Å². The lowest BCUT2D eigenvalue weighted by Crippen LogP contribution is -2.67. The molecule has 46 heavy (non-hydrogen) atoms. The van der Waals surface area contributed by atoms with E-state index in [4.69, 9.17) is 17.9 Å². The van der Waals surface area contributed by atoms with E-state index >= 15 is 18.0 Å². The van der Waals surface area contributed by atoms with Gasteiger partial charge in [-0.2, -0.15) is 13.2 Å². The summed E-state index contributed by atoms with van der Waals surface area (Å²) in [6.07, 6.45) is 0.0739. The van der Waals surface area contributed by atoms with Crippen molar-refractivity contribution in [2.24, 2.45) is 11.5 Å². The Morgan fingerprint density at radius 2 is 1.74 bits per heavy atom. The van der Waals surface area contributed by atoms with Crippen molar-refractivity contribution in [3.63, 3.8) is 0 Å². The third-order valence-corrected chi connectivity index (χ3v) is 8.62. The number of amides is 3. The van der Waals surface area contributed by atoms with Crippen molar-refractivity contribution in [3.05, 3.63) is 76.9 Å². The number of fused-ring (bicyclic) bond motifs is 2. The van der Waals surface area contributed by atoms with Gasteiger partial charge in [0.05, 0.1) is 17.5 Å². The second-order valence-corrected chi connectivity index (χ2v) is 11.2. The minimum Gasteiger partial charge on any atom is -0.370 e. The number of quaternary nitrogens is 1. The number of carbonyl (C=O) groups is 3. The smallest absolute Gasteiger partial charge is 0.370 e. The van der Waals surface area contributed by atoms with E-state index in [0.717, 1.165) is 11.5 Å². The average molecular weight is 634 g/mol. The predicted octanol–water partition coefficient (Wildman–Crippen LogP) is 3.78. The molecule has 3 aromatic rings. The van der Waals surface area contributed by atoms with Gasteiger partial charge >= 0.3 is 12.1 Å². The van der Waals surface area contributed by atoms with Crippen molar-refractivity contribution >= 4 is 34.2 Å². The monoisotopic (exact) mass is 633 g/mol. The Balaban J connectivity index is 2.16. The van der Waals surface area contributed by atoms with Crippen LogP contribution in [-0.2, 0) is 26.2 Å². The molecule has 1 aliphatic rings. The van der Waals surface area contributed by atoms with Gasteiger partial charge in [0.15, 0.2) is 6.04 Å². The lowest BCUT2D eigenvalue weighted by Gasteiger charge is -2.39. The summed E-state index contributed by atoms with van der Waals surface area (Å²) in [5.41, 5.74) is 5.71. The van der Waals surface area contributed by atoms with Crippen molar-refractivity contribution < 1.29 is 32.7 Å². The van der Waals surface area contributed by atoms with Crippen LogP contribution in [0.4, 0.5) is 18.9 Å². The second kappa shape index (κ2) is 13.4. The fourth-order valence-electron chi connectivity index (χ4n) is 6.27. The van der Waals surface area contributed by atoms with Crippen LogP contribution in [0.3, 0.4) is 0 Å². The molecule has 0 fully saturated rings. The molecule has 11 heteroatoms. The van der Waals surface area contributed by atoms with Crippen LogP contribution in [-0.4, -0.2) is 59.9 Å². The highest BCUT2D eigenvalue weighted by atomic mass is 19.4. The van der Waals surface area contributed by atoms with E-state index in [1.165, 1.54) is 18.2 Å². The fraction of sp³-hybridized carbons (Fsp3) is 0.343. The molecule has 5 N–H and O–H groups in total. The van der Waals surface area contributed by atoms with Crippen LogP contribution in [0.15, 0.2) is 54.6 Å². The van der Waals surface area contributed by atoms with Crippen LogP contribution in [0, 0.1) is 24.2 Å². The number of halogens is 3. The summed E-state index contributed by atoms with van der Waals surface area (Å²) >= 11 is 0. The topological polar surface area (TPSA) is 127 Å². The van der Waals surface area contributed by atoms with Crippen molar-refractivity contribution in [2.45, 2.75) is 50.9 Å². The minimum atomic E-state index is -5.06. The fourth-order valence-corrected chi connectivity index (χ4v) is 6.27. The molecule has 4 rings (SSSR count). The Labute approximate surface area is 265 Å². The number of primary amides is 2. The van der Waals surface area contributed by atoms with Gasteiger partial charge in [0, 0.05) is 36.6 Å². The Kier molecular flexibility index (Phi) is 9.93. The van der Waals surface area contributed by atoms with Gasteiger partial charge in [-0.1, -0.05) is 68.0 Å². The average Bonchev–Trinajstić information content (AvgIpc) is 3.21. The maximum atomic E-state index is 15.1. The molecule has 0 radical (unpaired) electrons. The summed E-state index contributed by atoms with van der Waals surface area (Å²) < 4.78 is 44.2. The van der Waals surface area contributed by atoms with E-state index < -0.39 is 51.2 Å². The van der Waals surface area contributed by atoms with Crippen molar-refractivity contribution in [3.8, 4) is 24.2 Å². The molecule has 0 saturated carbocycles. The Bertz CT molecular complexity index is 1780. The molecule has 8 nitrogen and oxygen atoms in total. The summed E-state index contributed by atoms with van der Waals surface area (Å²) in [5.74, 6) is 4.95. The van der Waals surface area contributed by atoms with Crippen molar-refractivity contribution in [1.29, 1.82) is 0 Å². The summed E-state index contributed by atoms with van der Waals surface area (Å²) in [4.78, 5) is 41.4. The molecule has 0 spiro atoms. The number of carbonyl (C=O) groups excluding carboxylic acids is 3. The van der Waals surface area contributed by atoms with E-state index in [-0.39, 0.29) is 49.2 Å². The van der Waals surface area contributed by atoms with Gasteiger partial charge < -0.3 is 16.6 Å². The number of benzene rings is 3. The van der Waals surface area contributed by atoms with Gasteiger partial charge in [-0.3, -0.25) is 14.5 Å². The summed E-state index contributed by atoms with van der Waals surface area (Å²) in [7, 11) is 0. The number of likely N-dealkylation sites (N-methyl/N-ethyl adjacent to an activating group) is 1. The van der Waals surface area contributed by atoms with Crippen LogP contribution >= 0.6 is 0 Å². The molecule has 1 heterocycles. The largest absolute Gasteiger partial charge is 0.417 e. The predicted molar refractivity (Wildman–Crippen MR) is 170 cm³/mol. The first-order valence-electron chi connectivity index (χ1n) is 14.9. The number of aliphatic hydroxyl groups is 1. The highest BCUT2D eigenvalue weighted by Crippen LogP contribution is 2.55. The molecule has 0 aromatic heterocycles. The molecular formula is C35H36F3N4O4+. The third kappa shape index (κ3) is 6.10. The van der Waals surface area contributed by atoms with E-state index in [0.29, 0.717) is 18.5 Å². The number of nitrogens with two attached hydrogens (primary N) is 2. The van der Waals surface area contributed by atoms with Crippen LogP contribution < -0.4 is 16.0 Å². The first-order chi connectivity index (χ1) is 21.7. The highest BCUT2D eigenvalue weighted by molar-refractivity contribution is 6.09. The van der Waals surface area contributed by atoms with Gasteiger partial charge in [-0.25, -0.2) is 9.28 Å². The van der Waals surface area contributed by atoms with E-state index in [9.17, 15) is 14.7 Å². The molecule has 3 unspecified atom stereocenters. The molecule has 240 valence electrons. The quantitative estimate of drug-likeness (QED) is 0.219. The van der Waals surface area contributed by atoms with Gasteiger partial charge in [-0.05, 0) is 36.0 Å². The van der Waals surface area contributed by atoms with Crippen LogP contribution in [0.2, 0.25) is 0 Å². The second-order valence-electron chi connectivity index (χ2n) is 11.2. The summed E-state index contributed by atoms with van der Waals surface area (Å²) in [6, 6.07) is 12.0. The number of hydrogen-bond acceptors (Lipinski definition) is 5. The number of hydrogen-bond donors (Lipinski definition) is 3. The molecule has 3 amide bonds. The molecule has 0 saturated heterocycles. The molecular weight excluding hydrogens is 597 g/mol. The van der Waals surface area contributed by atoms with Crippen molar-refractivity contribution in [2.75, 3.05) is 26.2 Å². The van der Waals surface area contributed by atoms with E-state index in [1.54, 1.807) is 30.3 Å². The molecule has 0 aliphatic carbocycles. The summed E-state index contributed by atoms with van der Waals surface area (Å²) in [6.45, 7) is 4.80. The maximum absolute atomic E-state index is 15.1. The normalized spacial score (nSPS) is 19.7. The van der Waals surface area contributed by atoms with Gasteiger partial charge in [0.1, 0.15) is 12.2 Å².